The van der Waals surface area contributed by atoms with Crippen molar-refractivity contribution >= 4 is 11.7 Å². The quantitative estimate of drug-likeness (QED) is 0.666. The lowest BCUT2D eigenvalue weighted by Crippen LogP contribution is -2.18. The van der Waals surface area contributed by atoms with Crippen LogP contribution in [0.5, 0.6) is 5.75 Å². The smallest absolute Gasteiger partial charge is 0.337 e. The molecule has 19 heavy (non-hydrogen) atoms. The summed E-state index contributed by atoms with van der Waals surface area (Å²) in [6.45, 7) is 2.53. The average Bonchev–Trinajstić information content (AvgIpc) is 2.82. The first-order valence-electron chi connectivity index (χ1n) is 6.36. The van der Waals surface area contributed by atoms with Crippen molar-refractivity contribution in [3.63, 3.8) is 0 Å². The minimum Gasteiger partial charge on any atom is -0.489 e. The zero-order valence-corrected chi connectivity index (χ0v) is 11.2. The number of hydrogen-bond donors (Lipinski definition) is 1. The average molecular weight is 265 g/mol. The predicted octanol–water partition coefficient (Wildman–Crippen LogP) is 2.00. The normalized spacial score (nSPS) is 22.2. The topological polar surface area (TPSA) is 70.8 Å². The molecule has 0 aromatic heterocycles. The number of nitrogens with two attached hydrogens (primary N) is 1. The molecule has 104 valence electrons. The molecular weight excluding hydrogens is 246 g/mol. The van der Waals surface area contributed by atoms with E-state index in [1.54, 1.807) is 18.2 Å². The molecule has 0 bridgehead atoms. The maximum atomic E-state index is 11.3. The highest BCUT2D eigenvalue weighted by atomic mass is 16.5. The Hall–Kier alpha value is -1.75. The first-order valence-corrected chi connectivity index (χ1v) is 6.36. The second kappa shape index (κ2) is 5.93. The Morgan fingerprint density at radius 3 is 2.84 bits per heavy atom. The standard InChI is InChI=1S/C14H19NO4/c1-9-3-5-11(19-9)8-18-13-6-4-10(7-12(13)15)14(16)17-2/h4,6-7,9,11H,3,5,8,15H2,1-2H3. The first kappa shape index (κ1) is 13.7. The molecule has 1 aliphatic heterocycles. The van der Waals surface area contributed by atoms with Crippen molar-refractivity contribution in [1.29, 1.82) is 0 Å². The summed E-state index contributed by atoms with van der Waals surface area (Å²) in [5, 5.41) is 0. The van der Waals surface area contributed by atoms with Gasteiger partial charge in [-0.2, -0.15) is 0 Å². The highest BCUT2D eigenvalue weighted by Gasteiger charge is 2.22. The molecule has 1 aliphatic rings. The molecule has 0 aliphatic carbocycles. The maximum absolute atomic E-state index is 11.3. The lowest BCUT2D eigenvalue weighted by atomic mass is 10.2. The van der Waals surface area contributed by atoms with Crippen molar-refractivity contribution in [3.8, 4) is 5.75 Å². The molecular formula is C14H19NO4. The van der Waals surface area contributed by atoms with Crippen LogP contribution in [0.3, 0.4) is 0 Å². The second-order valence-electron chi connectivity index (χ2n) is 4.70. The van der Waals surface area contributed by atoms with E-state index in [1.165, 1.54) is 7.11 Å². The number of hydrogen-bond acceptors (Lipinski definition) is 5. The fraction of sp³-hybridized carbons (Fsp3) is 0.500. The summed E-state index contributed by atoms with van der Waals surface area (Å²) in [4.78, 5) is 11.3. The van der Waals surface area contributed by atoms with Gasteiger partial charge in [-0.1, -0.05) is 0 Å². The zero-order chi connectivity index (χ0) is 13.8. The van der Waals surface area contributed by atoms with Gasteiger partial charge in [-0.25, -0.2) is 4.79 Å². The molecule has 1 aromatic carbocycles. The van der Waals surface area contributed by atoms with E-state index < -0.39 is 5.97 Å². The van der Waals surface area contributed by atoms with E-state index in [-0.39, 0.29) is 6.10 Å². The highest BCUT2D eigenvalue weighted by molar-refractivity contribution is 5.90. The van der Waals surface area contributed by atoms with Gasteiger partial charge in [-0.15, -0.1) is 0 Å². The summed E-state index contributed by atoms with van der Waals surface area (Å²) in [7, 11) is 1.33. The van der Waals surface area contributed by atoms with Crippen LogP contribution in [0.15, 0.2) is 18.2 Å². The number of esters is 1. The van der Waals surface area contributed by atoms with Gasteiger partial charge in [0.1, 0.15) is 12.4 Å². The Morgan fingerprint density at radius 2 is 2.26 bits per heavy atom. The van der Waals surface area contributed by atoms with Crippen LogP contribution in [0.1, 0.15) is 30.1 Å². The Labute approximate surface area is 112 Å². The Balaban J connectivity index is 1.95. The summed E-state index contributed by atoms with van der Waals surface area (Å²) in [5.41, 5.74) is 6.69. The molecule has 1 saturated heterocycles. The van der Waals surface area contributed by atoms with Crippen LogP contribution >= 0.6 is 0 Å². The molecule has 1 aromatic rings. The third kappa shape index (κ3) is 3.38. The SMILES string of the molecule is COC(=O)c1ccc(OCC2CCC(C)O2)c(N)c1. The van der Waals surface area contributed by atoms with E-state index in [0.29, 0.717) is 29.7 Å². The van der Waals surface area contributed by atoms with Crippen LogP contribution in [0.2, 0.25) is 0 Å². The zero-order valence-electron chi connectivity index (χ0n) is 11.2. The third-order valence-corrected chi connectivity index (χ3v) is 3.18. The number of ether oxygens (including phenoxy) is 3. The van der Waals surface area contributed by atoms with Gasteiger partial charge >= 0.3 is 5.97 Å². The van der Waals surface area contributed by atoms with Crippen molar-refractivity contribution < 1.29 is 19.0 Å². The van der Waals surface area contributed by atoms with E-state index >= 15 is 0 Å². The molecule has 5 heteroatoms. The molecule has 2 unspecified atom stereocenters. The van der Waals surface area contributed by atoms with Crippen LogP contribution in [0.25, 0.3) is 0 Å². The van der Waals surface area contributed by atoms with Crippen molar-refractivity contribution in [2.75, 3.05) is 19.5 Å². The minimum absolute atomic E-state index is 0.120. The Kier molecular flexibility index (Phi) is 4.27. The summed E-state index contributed by atoms with van der Waals surface area (Å²) in [6, 6.07) is 4.87. The van der Waals surface area contributed by atoms with E-state index in [0.717, 1.165) is 12.8 Å². The van der Waals surface area contributed by atoms with Crippen LogP contribution in [-0.4, -0.2) is 31.9 Å². The lowest BCUT2D eigenvalue weighted by Gasteiger charge is -2.14. The Bertz CT molecular complexity index is 461. The molecule has 0 radical (unpaired) electrons. The van der Waals surface area contributed by atoms with E-state index in [1.807, 2.05) is 0 Å². The lowest BCUT2D eigenvalue weighted by molar-refractivity contribution is 0.0266. The maximum Gasteiger partial charge on any atom is 0.337 e. The van der Waals surface area contributed by atoms with Crippen LogP contribution in [-0.2, 0) is 9.47 Å². The number of rotatable bonds is 4. The first-order chi connectivity index (χ1) is 9.10. The molecule has 2 rings (SSSR count). The van der Waals surface area contributed by atoms with Gasteiger partial charge in [0.25, 0.3) is 0 Å². The van der Waals surface area contributed by atoms with Gasteiger partial charge in [0.15, 0.2) is 0 Å². The molecule has 5 nitrogen and oxygen atoms in total. The van der Waals surface area contributed by atoms with Crippen molar-refractivity contribution in [1.82, 2.24) is 0 Å². The molecule has 0 spiro atoms. The van der Waals surface area contributed by atoms with E-state index in [9.17, 15) is 4.79 Å². The highest BCUT2D eigenvalue weighted by Crippen LogP contribution is 2.25. The minimum atomic E-state index is -0.411. The number of methoxy groups -OCH3 is 1. The van der Waals surface area contributed by atoms with Crippen LogP contribution in [0, 0.1) is 0 Å². The fourth-order valence-corrected chi connectivity index (χ4v) is 2.12. The molecule has 0 saturated carbocycles. The molecule has 0 amide bonds. The van der Waals surface area contributed by atoms with Crippen LogP contribution in [0.4, 0.5) is 5.69 Å². The number of carbonyl (C=O) groups excluding carboxylic acids is 1. The number of benzene rings is 1. The largest absolute Gasteiger partial charge is 0.489 e. The Morgan fingerprint density at radius 1 is 1.47 bits per heavy atom. The molecule has 1 fully saturated rings. The molecule has 2 atom stereocenters. The second-order valence-corrected chi connectivity index (χ2v) is 4.70. The fourth-order valence-electron chi connectivity index (χ4n) is 2.12. The molecule has 2 N–H and O–H groups in total. The molecule has 1 heterocycles. The summed E-state index contributed by atoms with van der Waals surface area (Å²) in [5.74, 6) is 0.155. The summed E-state index contributed by atoms with van der Waals surface area (Å²) < 4.78 is 15.9. The van der Waals surface area contributed by atoms with Gasteiger partial charge in [-0.05, 0) is 38.0 Å². The number of nitrogen functional groups attached to an aromatic ring is 1. The van der Waals surface area contributed by atoms with Gasteiger partial charge in [0.05, 0.1) is 30.6 Å². The van der Waals surface area contributed by atoms with Gasteiger partial charge in [0.2, 0.25) is 0 Å². The number of anilines is 1. The predicted molar refractivity (Wildman–Crippen MR) is 71.3 cm³/mol. The van der Waals surface area contributed by atoms with Crippen molar-refractivity contribution in [3.05, 3.63) is 23.8 Å². The summed E-state index contributed by atoms with van der Waals surface area (Å²) >= 11 is 0. The van der Waals surface area contributed by atoms with Gasteiger partial charge in [0, 0.05) is 0 Å². The van der Waals surface area contributed by atoms with Gasteiger partial charge in [-0.3, -0.25) is 0 Å². The van der Waals surface area contributed by atoms with Gasteiger partial charge < -0.3 is 19.9 Å². The van der Waals surface area contributed by atoms with E-state index in [4.69, 9.17) is 15.2 Å². The van der Waals surface area contributed by atoms with Crippen LogP contribution < -0.4 is 10.5 Å². The van der Waals surface area contributed by atoms with E-state index in [2.05, 4.69) is 11.7 Å². The van der Waals surface area contributed by atoms with Crippen molar-refractivity contribution in [2.45, 2.75) is 32.0 Å². The summed E-state index contributed by atoms with van der Waals surface area (Å²) in [6.07, 6.45) is 2.48. The third-order valence-electron chi connectivity index (χ3n) is 3.18. The number of carbonyl (C=O) groups is 1. The van der Waals surface area contributed by atoms with Crippen molar-refractivity contribution in [2.24, 2.45) is 0 Å². The monoisotopic (exact) mass is 265 g/mol.